The molecular weight excluding hydrogens is 224 g/mol. The zero-order chi connectivity index (χ0) is 13.1. The van der Waals surface area contributed by atoms with Gasteiger partial charge in [-0.05, 0) is 25.1 Å². The predicted molar refractivity (Wildman–Crippen MR) is 75.6 cm³/mol. The summed E-state index contributed by atoms with van der Waals surface area (Å²) in [5.41, 5.74) is 10.1. The molecule has 1 aromatic carbocycles. The SMILES string of the molecule is CCn1nc(-c2ccc(N(C)C)cc2)cc1CN. The molecule has 0 saturated carbocycles. The first-order valence-electron chi connectivity index (χ1n) is 6.20. The highest BCUT2D eigenvalue weighted by Gasteiger charge is 2.07. The highest BCUT2D eigenvalue weighted by Crippen LogP contribution is 2.22. The van der Waals surface area contributed by atoms with Crippen molar-refractivity contribution in [3.05, 3.63) is 36.0 Å². The molecule has 2 N–H and O–H groups in total. The van der Waals surface area contributed by atoms with E-state index in [0.717, 1.165) is 23.5 Å². The number of nitrogens with two attached hydrogens (primary N) is 1. The summed E-state index contributed by atoms with van der Waals surface area (Å²) < 4.78 is 1.95. The summed E-state index contributed by atoms with van der Waals surface area (Å²) in [7, 11) is 4.07. The molecule has 0 bridgehead atoms. The summed E-state index contributed by atoms with van der Waals surface area (Å²) in [6.45, 7) is 3.45. The van der Waals surface area contributed by atoms with Crippen LogP contribution in [0.25, 0.3) is 11.3 Å². The Kier molecular flexibility index (Phi) is 3.67. The van der Waals surface area contributed by atoms with Gasteiger partial charge in [-0.2, -0.15) is 5.10 Å². The van der Waals surface area contributed by atoms with Crippen LogP contribution in [0.4, 0.5) is 5.69 Å². The molecule has 0 aliphatic carbocycles. The molecule has 18 heavy (non-hydrogen) atoms. The van der Waals surface area contributed by atoms with Crippen LogP contribution in [-0.4, -0.2) is 23.9 Å². The molecule has 2 aromatic rings. The second-order valence-corrected chi connectivity index (χ2v) is 4.48. The molecule has 0 radical (unpaired) electrons. The molecular formula is C14H20N4. The minimum absolute atomic E-state index is 0.524. The molecule has 1 aromatic heterocycles. The van der Waals surface area contributed by atoms with Crippen molar-refractivity contribution >= 4 is 5.69 Å². The summed E-state index contributed by atoms with van der Waals surface area (Å²) in [5.74, 6) is 0. The van der Waals surface area contributed by atoms with Crippen molar-refractivity contribution in [3.8, 4) is 11.3 Å². The van der Waals surface area contributed by atoms with Gasteiger partial charge < -0.3 is 10.6 Å². The molecule has 0 aliphatic heterocycles. The van der Waals surface area contributed by atoms with E-state index in [1.54, 1.807) is 0 Å². The van der Waals surface area contributed by atoms with Crippen molar-refractivity contribution in [2.45, 2.75) is 20.0 Å². The largest absolute Gasteiger partial charge is 0.378 e. The molecule has 96 valence electrons. The van der Waals surface area contributed by atoms with Gasteiger partial charge in [0.15, 0.2) is 0 Å². The molecule has 4 nitrogen and oxygen atoms in total. The van der Waals surface area contributed by atoms with Crippen LogP contribution in [0.2, 0.25) is 0 Å². The van der Waals surface area contributed by atoms with E-state index in [1.165, 1.54) is 5.69 Å². The molecule has 2 rings (SSSR count). The van der Waals surface area contributed by atoms with E-state index >= 15 is 0 Å². The summed E-state index contributed by atoms with van der Waals surface area (Å²) in [4.78, 5) is 2.08. The summed E-state index contributed by atoms with van der Waals surface area (Å²) in [5, 5.41) is 4.57. The predicted octanol–water partition coefficient (Wildman–Crippen LogP) is 2.09. The van der Waals surface area contributed by atoms with Crippen molar-refractivity contribution in [2.24, 2.45) is 5.73 Å². The lowest BCUT2D eigenvalue weighted by Crippen LogP contribution is -2.08. The highest BCUT2D eigenvalue weighted by atomic mass is 15.3. The topological polar surface area (TPSA) is 47.1 Å². The first kappa shape index (κ1) is 12.6. The van der Waals surface area contributed by atoms with Crippen LogP contribution < -0.4 is 10.6 Å². The van der Waals surface area contributed by atoms with Crippen LogP contribution in [0.3, 0.4) is 0 Å². The Labute approximate surface area is 108 Å². The Bertz CT molecular complexity index is 490. The molecule has 0 unspecified atom stereocenters. The third-order valence-electron chi connectivity index (χ3n) is 3.05. The van der Waals surface area contributed by atoms with E-state index in [1.807, 2.05) is 18.8 Å². The van der Waals surface area contributed by atoms with E-state index in [2.05, 4.69) is 47.3 Å². The molecule has 1 heterocycles. The quantitative estimate of drug-likeness (QED) is 0.896. The van der Waals surface area contributed by atoms with Gasteiger partial charge in [-0.3, -0.25) is 4.68 Å². The maximum absolute atomic E-state index is 5.71. The van der Waals surface area contributed by atoms with E-state index in [0.29, 0.717) is 6.54 Å². The lowest BCUT2D eigenvalue weighted by molar-refractivity contribution is 0.624. The molecule has 0 amide bonds. The minimum Gasteiger partial charge on any atom is -0.378 e. The van der Waals surface area contributed by atoms with Gasteiger partial charge >= 0.3 is 0 Å². The zero-order valence-corrected chi connectivity index (χ0v) is 11.2. The third-order valence-corrected chi connectivity index (χ3v) is 3.05. The Balaban J connectivity index is 2.33. The van der Waals surface area contributed by atoms with E-state index in [4.69, 9.17) is 5.73 Å². The lowest BCUT2D eigenvalue weighted by atomic mass is 10.1. The number of anilines is 1. The van der Waals surface area contributed by atoms with Gasteiger partial charge in [0, 0.05) is 38.4 Å². The lowest BCUT2D eigenvalue weighted by Gasteiger charge is -2.12. The van der Waals surface area contributed by atoms with Crippen LogP contribution in [-0.2, 0) is 13.1 Å². The van der Waals surface area contributed by atoms with Gasteiger partial charge in [-0.15, -0.1) is 0 Å². The average Bonchev–Trinajstić information content (AvgIpc) is 2.82. The summed E-state index contributed by atoms with van der Waals surface area (Å²) in [6, 6.07) is 10.5. The average molecular weight is 244 g/mol. The maximum atomic E-state index is 5.71. The Morgan fingerprint density at radius 3 is 2.33 bits per heavy atom. The smallest absolute Gasteiger partial charge is 0.0926 e. The molecule has 0 atom stereocenters. The van der Waals surface area contributed by atoms with Crippen LogP contribution in [0.5, 0.6) is 0 Å². The monoisotopic (exact) mass is 244 g/mol. The van der Waals surface area contributed by atoms with Gasteiger partial charge in [0.2, 0.25) is 0 Å². The van der Waals surface area contributed by atoms with Gasteiger partial charge in [0.05, 0.1) is 11.4 Å². The number of hydrogen-bond acceptors (Lipinski definition) is 3. The van der Waals surface area contributed by atoms with Crippen LogP contribution in [0.1, 0.15) is 12.6 Å². The van der Waals surface area contributed by atoms with Crippen molar-refractivity contribution in [3.63, 3.8) is 0 Å². The molecule has 0 aliphatic rings. The molecule has 0 fully saturated rings. The Morgan fingerprint density at radius 2 is 1.89 bits per heavy atom. The molecule has 0 saturated heterocycles. The van der Waals surface area contributed by atoms with E-state index < -0.39 is 0 Å². The van der Waals surface area contributed by atoms with Crippen molar-refractivity contribution < 1.29 is 0 Å². The number of benzene rings is 1. The van der Waals surface area contributed by atoms with E-state index in [9.17, 15) is 0 Å². The standard InChI is InChI=1S/C14H20N4/c1-4-18-13(10-15)9-14(16-18)11-5-7-12(8-6-11)17(2)3/h5-9H,4,10,15H2,1-3H3. The van der Waals surface area contributed by atoms with Crippen molar-refractivity contribution in [1.82, 2.24) is 9.78 Å². The Hall–Kier alpha value is -1.81. The number of hydrogen-bond donors (Lipinski definition) is 1. The third kappa shape index (κ3) is 2.38. The number of aryl methyl sites for hydroxylation is 1. The second-order valence-electron chi connectivity index (χ2n) is 4.48. The summed E-state index contributed by atoms with van der Waals surface area (Å²) in [6.07, 6.45) is 0. The first-order valence-corrected chi connectivity index (χ1v) is 6.20. The van der Waals surface area contributed by atoms with Crippen LogP contribution >= 0.6 is 0 Å². The summed E-state index contributed by atoms with van der Waals surface area (Å²) >= 11 is 0. The fourth-order valence-electron chi connectivity index (χ4n) is 1.96. The second kappa shape index (κ2) is 5.23. The van der Waals surface area contributed by atoms with Gasteiger partial charge in [0.1, 0.15) is 0 Å². The number of nitrogens with zero attached hydrogens (tertiary/aromatic N) is 3. The van der Waals surface area contributed by atoms with E-state index in [-0.39, 0.29) is 0 Å². The first-order chi connectivity index (χ1) is 8.65. The van der Waals surface area contributed by atoms with Crippen LogP contribution in [0.15, 0.2) is 30.3 Å². The fraction of sp³-hybridized carbons (Fsp3) is 0.357. The zero-order valence-electron chi connectivity index (χ0n) is 11.2. The van der Waals surface area contributed by atoms with Crippen molar-refractivity contribution in [1.29, 1.82) is 0 Å². The minimum atomic E-state index is 0.524. The molecule has 4 heteroatoms. The number of aromatic nitrogens is 2. The molecule has 0 spiro atoms. The van der Waals surface area contributed by atoms with Gasteiger partial charge in [0.25, 0.3) is 0 Å². The Morgan fingerprint density at radius 1 is 1.22 bits per heavy atom. The maximum Gasteiger partial charge on any atom is 0.0926 e. The highest BCUT2D eigenvalue weighted by molar-refractivity contribution is 5.63. The van der Waals surface area contributed by atoms with Gasteiger partial charge in [-0.1, -0.05) is 12.1 Å². The fourth-order valence-corrected chi connectivity index (χ4v) is 1.96. The normalized spacial score (nSPS) is 10.7. The van der Waals surface area contributed by atoms with Crippen molar-refractivity contribution in [2.75, 3.05) is 19.0 Å². The van der Waals surface area contributed by atoms with Crippen LogP contribution in [0, 0.1) is 0 Å². The number of rotatable bonds is 4. The van der Waals surface area contributed by atoms with Gasteiger partial charge in [-0.25, -0.2) is 0 Å².